The number of benzene rings is 1. The fourth-order valence-corrected chi connectivity index (χ4v) is 4.59. The van der Waals surface area contributed by atoms with Crippen molar-refractivity contribution in [1.29, 1.82) is 0 Å². The Balaban J connectivity index is 1.33. The molecule has 2 amide bonds. The van der Waals surface area contributed by atoms with Gasteiger partial charge in [0, 0.05) is 13.1 Å². The van der Waals surface area contributed by atoms with E-state index in [0.717, 1.165) is 44.4 Å². The lowest BCUT2D eigenvalue weighted by molar-refractivity contribution is 0.145. The lowest BCUT2D eigenvalue weighted by atomic mass is 9.95. The molecule has 1 aromatic carbocycles. The molecule has 1 aliphatic carbocycles. The van der Waals surface area contributed by atoms with Gasteiger partial charge in [-0.05, 0) is 75.1 Å². The molecule has 0 spiro atoms. The second-order valence-electron chi connectivity index (χ2n) is 8.55. The molecule has 1 heterocycles. The highest BCUT2D eigenvalue weighted by atomic mass is 32.1. The van der Waals surface area contributed by atoms with Crippen molar-refractivity contribution < 1.29 is 9.53 Å². The minimum absolute atomic E-state index is 0.117. The Hall–Kier alpha value is -2.06. The van der Waals surface area contributed by atoms with Crippen LogP contribution in [0.5, 0.6) is 5.75 Å². The summed E-state index contributed by atoms with van der Waals surface area (Å²) >= 11 is 5.34. The van der Waals surface area contributed by atoms with E-state index < -0.39 is 6.03 Å². The second kappa shape index (κ2) is 12.7. The fraction of sp³-hybridized carbons (Fsp3) is 0.652. The number of nitrogens with zero attached hydrogens (tertiary/aromatic N) is 2. The van der Waals surface area contributed by atoms with Gasteiger partial charge in [-0.2, -0.15) is 0 Å². The highest BCUT2D eigenvalue weighted by Gasteiger charge is 2.24. The number of hydrazine groups is 1. The number of carbonyl (C=O) groups is 1. The fourth-order valence-electron chi connectivity index (χ4n) is 4.39. The van der Waals surface area contributed by atoms with Gasteiger partial charge in [-0.3, -0.25) is 10.3 Å². The minimum atomic E-state index is -0.483. The van der Waals surface area contributed by atoms with E-state index in [1.807, 2.05) is 6.07 Å². The third-order valence-electron chi connectivity index (χ3n) is 6.03. The largest absolute Gasteiger partial charge is 0.494 e. The number of ether oxygens (including phenoxy) is 1. The van der Waals surface area contributed by atoms with Crippen LogP contribution in [0.3, 0.4) is 0 Å². The number of likely N-dealkylation sites (tertiary alicyclic amines) is 1. The number of amides is 2. The van der Waals surface area contributed by atoms with Gasteiger partial charge in [0.1, 0.15) is 5.75 Å². The highest BCUT2D eigenvalue weighted by molar-refractivity contribution is 7.80. The summed E-state index contributed by atoms with van der Waals surface area (Å²) in [5.74, 6) is 0.910. The van der Waals surface area contributed by atoms with Crippen molar-refractivity contribution in [1.82, 2.24) is 20.7 Å². The van der Waals surface area contributed by atoms with Crippen LogP contribution >= 0.6 is 12.2 Å². The van der Waals surface area contributed by atoms with E-state index in [2.05, 4.69) is 33.8 Å². The zero-order valence-electron chi connectivity index (χ0n) is 18.5. The number of rotatable bonds is 8. The molecule has 3 rings (SSSR count). The summed E-state index contributed by atoms with van der Waals surface area (Å²) < 4.78 is 5.93. The molecule has 8 heteroatoms. The minimum Gasteiger partial charge on any atom is -0.494 e. The van der Waals surface area contributed by atoms with Crippen molar-refractivity contribution in [3.63, 3.8) is 0 Å². The van der Waals surface area contributed by atoms with E-state index in [-0.39, 0.29) is 6.04 Å². The van der Waals surface area contributed by atoms with Gasteiger partial charge in [-0.1, -0.05) is 37.8 Å². The third kappa shape index (κ3) is 8.18. The Morgan fingerprint density at radius 2 is 1.90 bits per heavy atom. The number of piperidine rings is 1. The normalized spacial score (nSPS) is 17.7. The number of hydrogen-bond donors (Lipinski definition) is 3. The SMILES string of the molecule is NC(=O)N(NC(=S)NCCCOc1cccc(CN2CCCCC2)c1)C1CCCCC1. The van der Waals surface area contributed by atoms with Crippen molar-refractivity contribution in [3.8, 4) is 5.75 Å². The average molecular weight is 448 g/mol. The number of urea groups is 1. The van der Waals surface area contributed by atoms with Crippen LogP contribution in [0, 0.1) is 0 Å². The molecule has 7 nitrogen and oxygen atoms in total. The Kier molecular flexibility index (Phi) is 9.68. The molecule has 1 aliphatic heterocycles. The topological polar surface area (TPSA) is 82.9 Å². The van der Waals surface area contributed by atoms with Crippen LogP contribution in [0.25, 0.3) is 0 Å². The van der Waals surface area contributed by atoms with Gasteiger partial charge >= 0.3 is 6.03 Å². The summed E-state index contributed by atoms with van der Waals surface area (Å²) in [6.07, 6.45) is 10.1. The van der Waals surface area contributed by atoms with Gasteiger partial charge in [0.25, 0.3) is 0 Å². The summed E-state index contributed by atoms with van der Waals surface area (Å²) in [4.78, 5) is 14.3. The monoisotopic (exact) mass is 447 g/mol. The molecule has 0 radical (unpaired) electrons. The molecule has 172 valence electrons. The van der Waals surface area contributed by atoms with Crippen molar-refractivity contribution in [2.45, 2.75) is 70.4 Å². The van der Waals surface area contributed by atoms with E-state index in [1.165, 1.54) is 49.3 Å². The Morgan fingerprint density at radius 3 is 2.65 bits per heavy atom. The molecule has 2 aliphatic rings. The maximum atomic E-state index is 11.8. The number of nitrogens with one attached hydrogen (secondary N) is 2. The Labute approximate surface area is 191 Å². The third-order valence-corrected chi connectivity index (χ3v) is 6.26. The van der Waals surface area contributed by atoms with Crippen molar-refractivity contribution in [2.75, 3.05) is 26.2 Å². The molecule has 1 saturated heterocycles. The van der Waals surface area contributed by atoms with Crippen LogP contribution in [-0.2, 0) is 6.54 Å². The first-order valence-electron chi connectivity index (χ1n) is 11.7. The maximum absolute atomic E-state index is 11.8. The van der Waals surface area contributed by atoms with Crippen LogP contribution in [0.15, 0.2) is 24.3 Å². The quantitative estimate of drug-likeness (QED) is 0.321. The first-order chi connectivity index (χ1) is 15.1. The number of hydrogen-bond acceptors (Lipinski definition) is 4. The van der Waals surface area contributed by atoms with Crippen LogP contribution < -0.4 is 21.2 Å². The first-order valence-corrected chi connectivity index (χ1v) is 12.1. The zero-order valence-corrected chi connectivity index (χ0v) is 19.3. The van der Waals surface area contributed by atoms with E-state index in [9.17, 15) is 4.79 Å². The summed E-state index contributed by atoms with van der Waals surface area (Å²) in [6.45, 7) is 4.65. The summed E-state index contributed by atoms with van der Waals surface area (Å²) in [5, 5.41) is 5.05. The lowest BCUT2D eigenvalue weighted by Gasteiger charge is -2.33. The molecule has 0 aromatic heterocycles. The van der Waals surface area contributed by atoms with Crippen molar-refractivity contribution in [2.24, 2.45) is 5.73 Å². The van der Waals surface area contributed by atoms with Gasteiger partial charge in [0.2, 0.25) is 0 Å². The van der Waals surface area contributed by atoms with Crippen molar-refractivity contribution >= 4 is 23.4 Å². The number of primary amides is 1. The van der Waals surface area contributed by atoms with Crippen LogP contribution in [0.4, 0.5) is 4.79 Å². The molecule has 0 bridgehead atoms. The molecular formula is C23H37N5O2S. The summed E-state index contributed by atoms with van der Waals surface area (Å²) in [5.41, 5.74) is 9.82. The molecule has 1 saturated carbocycles. The highest BCUT2D eigenvalue weighted by Crippen LogP contribution is 2.21. The molecule has 2 fully saturated rings. The molecular weight excluding hydrogens is 410 g/mol. The van der Waals surface area contributed by atoms with Gasteiger partial charge in [-0.25, -0.2) is 9.80 Å². The van der Waals surface area contributed by atoms with Crippen LogP contribution in [0.1, 0.15) is 63.4 Å². The Bertz CT molecular complexity index is 705. The van der Waals surface area contributed by atoms with E-state index in [1.54, 1.807) is 0 Å². The van der Waals surface area contributed by atoms with Gasteiger partial charge < -0.3 is 15.8 Å². The average Bonchev–Trinajstić information content (AvgIpc) is 2.78. The van der Waals surface area contributed by atoms with Gasteiger partial charge in [0.15, 0.2) is 5.11 Å². The molecule has 0 unspecified atom stereocenters. The van der Waals surface area contributed by atoms with Gasteiger partial charge in [0.05, 0.1) is 12.6 Å². The number of nitrogens with two attached hydrogens (primary N) is 1. The van der Waals surface area contributed by atoms with Crippen LogP contribution in [-0.4, -0.2) is 53.3 Å². The van der Waals surface area contributed by atoms with Crippen molar-refractivity contribution in [3.05, 3.63) is 29.8 Å². The molecule has 0 atom stereocenters. The van der Waals surface area contributed by atoms with E-state index in [0.29, 0.717) is 18.3 Å². The van der Waals surface area contributed by atoms with Gasteiger partial charge in [-0.15, -0.1) is 0 Å². The predicted molar refractivity (Wildman–Crippen MR) is 128 cm³/mol. The molecule has 1 aromatic rings. The predicted octanol–water partition coefficient (Wildman–Crippen LogP) is 3.53. The second-order valence-corrected chi connectivity index (χ2v) is 8.96. The number of carbonyl (C=O) groups excluding carboxylic acids is 1. The van der Waals surface area contributed by atoms with E-state index in [4.69, 9.17) is 22.7 Å². The zero-order chi connectivity index (χ0) is 21.9. The summed E-state index contributed by atoms with van der Waals surface area (Å²) in [6, 6.07) is 8.02. The van der Waals surface area contributed by atoms with Crippen LogP contribution in [0.2, 0.25) is 0 Å². The number of thiocarbonyl (C=S) groups is 1. The molecule has 4 N–H and O–H groups in total. The van der Waals surface area contributed by atoms with E-state index >= 15 is 0 Å². The lowest BCUT2D eigenvalue weighted by Crippen LogP contribution is -2.57. The summed E-state index contributed by atoms with van der Waals surface area (Å²) in [7, 11) is 0. The first kappa shape index (κ1) is 23.6. The maximum Gasteiger partial charge on any atom is 0.333 e. The Morgan fingerprint density at radius 1 is 1.16 bits per heavy atom. The standard InChI is InChI=1S/C23H37N5O2S/c24-22(29)28(20-10-3-1-4-11-20)26-23(31)25-13-8-16-30-21-12-7-9-19(17-21)18-27-14-5-2-6-15-27/h7,9,12,17,20H,1-6,8,10-11,13-16,18H2,(H2,24,29)(H2,25,26,31). The smallest absolute Gasteiger partial charge is 0.333 e. The molecule has 31 heavy (non-hydrogen) atoms.